The van der Waals surface area contributed by atoms with Gasteiger partial charge in [-0.05, 0) is 17.7 Å². The second kappa shape index (κ2) is 6.99. The molecule has 0 bridgehead atoms. The second-order valence-corrected chi connectivity index (χ2v) is 3.87. The zero-order chi connectivity index (χ0) is 15.2. The van der Waals surface area contributed by atoms with E-state index in [4.69, 9.17) is 15.2 Å². The summed E-state index contributed by atoms with van der Waals surface area (Å²) in [5.41, 5.74) is 6.21. The number of carbonyl (C=O) groups is 1. The van der Waals surface area contributed by atoms with E-state index in [1.54, 1.807) is 23.5 Å². The number of nitrogens with one attached hydrogen (secondary N) is 1. The molecule has 0 saturated carbocycles. The van der Waals surface area contributed by atoms with Gasteiger partial charge in [0.2, 0.25) is 0 Å². The topological polar surface area (TPSA) is 73.6 Å². The molecule has 0 saturated heterocycles. The standard InChI is InChI=1S/C12H15F3N2O3/c1-19-9-3-2-8(5-16)4-10(9)20-6-11(18)17-7-12(13,14)15/h2-4H,5-7,16H2,1H3,(H,17,18). The molecule has 0 spiro atoms. The summed E-state index contributed by atoms with van der Waals surface area (Å²) < 4.78 is 45.9. The van der Waals surface area contributed by atoms with Crippen molar-refractivity contribution in [1.82, 2.24) is 5.32 Å². The molecule has 0 aliphatic rings. The number of nitrogens with two attached hydrogens (primary N) is 1. The summed E-state index contributed by atoms with van der Waals surface area (Å²) in [6.45, 7) is -1.67. The SMILES string of the molecule is COc1ccc(CN)cc1OCC(=O)NCC(F)(F)F. The fourth-order valence-corrected chi connectivity index (χ4v) is 1.35. The highest BCUT2D eigenvalue weighted by molar-refractivity contribution is 5.77. The van der Waals surface area contributed by atoms with E-state index >= 15 is 0 Å². The van der Waals surface area contributed by atoms with Crippen molar-refractivity contribution in [1.29, 1.82) is 0 Å². The molecule has 112 valence electrons. The fraction of sp³-hybridized carbons (Fsp3) is 0.417. The van der Waals surface area contributed by atoms with E-state index in [-0.39, 0.29) is 12.3 Å². The van der Waals surface area contributed by atoms with Gasteiger partial charge >= 0.3 is 6.18 Å². The van der Waals surface area contributed by atoms with Crippen molar-refractivity contribution in [3.8, 4) is 11.5 Å². The molecule has 0 fully saturated rings. The minimum atomic E-state index is -4.45. The third-order valence-electron chi connectivity index (χ3n) is 2.31. The lowest BCUT2D eigenvalue weighted by molar-refractivity contribution is -0.139. The molecule has 1 rings (SSSR count). The summed E-state index contributed by atoms with van der Waals surface area (Å²) in [6, 6.07) is 4.89. The number of halogens is 3. The van der Waals surface area contributed by atoms with E-state index in [1.807, 2.05) is 0 Å². The van der Waals surface area contributed by atoms with Crippen molar-refractivity contribution in [3.05, 3.63) is 23.8 Å². The van der Waals surface area contributed by atoms with Crippen LogP contribution in [0.5, 0.6) is 11.5 Å². The van der Waals surface area contributed by atoms with Crippen molar-refractivity contribution in [2.45, 2.75) is 12.7 Å². The van der Waals surface area contributed by atoms with Crippen LogP contribution in [0.15, 0.2) is 18.2 Å². The fourth-order valence-electron chi connectivity index (χ4n) is 1.35. The summed E-state index contributed by atoms with van der Waals surface area (Å²) in [7, 11) is 1.41. The largest absolute Gasteiger partial charge is 0.493 e. The van der Waals surface area contributed by atoms with E-state index < -0.39 is 25.2 Å². The molecular weight excluding hydrogens is 277 g/mol. The van der Waals surface area contributed by atoms with Gasteiger partial charge in [-0.15, -0.1) is 0 Å². The van der Waals surface area contributed by atoms with Crippen molar-refractivity contribution in [3.63, 3.8) is 0 Å². The molecule has 8 heteroatoms. The Kier molecular flexibility index (Phi) is 5.63. The third kappa shape index (κ3) is 5.35. The van der Waals surface area contributed by atoms with Crippen LogP contribution in [0.25, 0.3) is 0 Å². The Bertz CT molecular complexity index is 464. The van der Waals surface area contributed by atoms with Crippen LogP contribution >= 0.6 is 0 Å². The minimum Gasteiger partial charge on any atom is -0.493 e. The van der Waals surface area contributed by atoms with Crippen LogP contribution in [0.1, 0.15) is 5.56 Å². The summed E-state index contributed by atoms with van der Waals surface area (Å²) in [6.07, 6.45) is -4.45. The van der Waals surface area contributed by atoms with Crippen LogP contribution in [-0.4, -0.2) is 32.3 Å². The van der Waals surface area contributed by atoms with Crippen molar-refractivity contribution in [2.75, 3.05) is 20.3 Å². The van der Waals surface area contributed by atoms with E-state index in [9.17, 15) is 18.0 Å². The van der Waals surface area contributed by atoms with Gasteiger partial charge in [-0.1, -0.05) is 6.07 Å². The maximum absolute atomic E-state index is 11.9. The number of ether oxygens (including phenoxy) is 2. The van der Waals surface area contributed by atoms with Crippen LogP contribution < -0.4 is 20.5 Å². The van der Waals surface area contributed by atoms with Gasteiger partial charge in [-0.25, -0.2) is 0 Å². The molecule has 20 heavy (non-hydrogen) atoms. The van der Waals surface area contributed by atoms with Gasteiger partial charge in [0, 0.05) is 6.54 Å². The average molecular weight is 292 g/mol. The molecule has 0 aliphatic carbocycles. The highest BCUT2D eigenvalue weighted by Gasteiger charge is 2.27. The highest BCUT2D eigenvalue weighted by atomic mass is 19.4. The molecule has 0 radical (unpaired) electrons. The van der Waals surface area contributed by atoms with Crippen molar-refractivity contribution < 1.29 is 27.4 Å². The van der Waals surface area contributed by atoms with Crippen LogP contribution in [0, 0.1) is 0 Å². The summed E-state index contributed by atoms with van der Waals surface area (Å²) in [5, 5.41) is 1.70. The molecule has 0 aliphatic heterocycles. The number of amides is 1. The second-order valence-electron chi connectivity index (χ2n) is 3.87. The zero-order valence-electron chi connectivity index (χ0n) is 10.8. The number of hydrogen-bond acceptors (Lipinski definition) is 4. The molecule has 1 amide bonds. The van der Waals surface area contributed by atoms with E-state index in [1.165, 1.54) is 7.11 Å². The lowest BCUT2D eigenvalue weighted by Crippen LogP contribution is -2.36. The van der Waals surface area contributed by atoms with Crippen molar-refractivity contribution in [2.24, 2.45) is 5.73 Å². The number of methoxy groups -OCH3 is 1. The number of carbonyl (C=O) groups excluding carboxylic acids is 1. The first-order chi connectivity index (χ1) is 9.35. The van der Waals surface area contributed by atoms with Crippen LogP contribution in [0.3, 0.4) is 0 Å². The molecule has 0 aromatic heterocycles. The summed E-state index contributed by atoms with van der Waals surface area (Å²) >= 11 is 0. The van der Waals surface area contributed by atoms with E-state index in [0.717, 1.165) is 5.56 Å². The molecule has 0 atom stereocenters. The molecule has 1 aromatic rings. The third-order valence-corrected chi connectivity index (χ3v) is 2.31. The molecular formula is C12H15F3N2O3. The predicted octanol–water partition coefficient (Wildman–Crippen LogP) is 1.21. The van der Waals surface area contributed by atoms with Gasteiger partial charge in [0.05, 0.1) is 7.11 Å². The van der Waals surface area contributed by atoms with Crippen LogP contribution in [-0.2, 0) is 11.3 Å². The van der Waals surface area contributed by atoms with Gasteiger partial charge in [0.1, 0.15) is 6.54 Å². The zero-order valence-corrected chi connectivity index (χ0v) is 10.8. The Hall–Kier alpha value is -1.96. The Morgan fingerprint density at radius 1 is 1.35 bits per heavy atom. The minimum absolute atomic E-state index is 0.248. The Labute approximate surface area is 113 Å². The Morgan fingerprint density at radius 2 is 2.05 bits per heavy atom. The van der Waals surface area contributed by atoms with Gasteiger partial charge < -0.3 is 20.5 Å². The molecule has 0 unspecified atom stereocenters. The normalized spacial score (nSPS) is 11.1. The summed E-state index contributed by atoms with van der Waals surface area (Å²) in [5.74, 6) is -0.258. The number of rotatable bonds is 6. The first-order valence-electron chi connectivity index (χ1n) is 5.69. The van der Waals surface area contributed by atoms with Gasteiger partial charge in [-0.2, -0.15) is 13.2 Å². The average Bonchev–Trinajstić information content (AvgIpc) is 2.41. The Morgan fingerprint density at radius 3 is 2.60 bits per heavy atom. The number of benzene rings is 1. The Balaban J connectivity index is 2.58. The van der Waals surface area contributed by atoms with Gasteiger partial charge in [-0.3, -0.25) is 4.79 Å². The maximum Gasteiger partial charge on any atom is 0.405 e. The van der Waals surface area contributed by atoms with Crippen molar-refractivity contribution >= 4 is 5.91 Å². The van der Waals surface area contributed by atoms with Gasteiger partial charge in [0.15, 0.2) is 18.1 Å². The highest BCUT2D eigenvalue weighted by Crippen LogP contribution is 2.27. The lowest BCUT2D eigenvalue weighted by atomic mass is 10.2. The molecule has 1 aromatic carbocycles. The van der Waals surface area contributed by atoms with E-state index in [2.05, 4.69) is 0 Å². The smallest absolute Gasteiger partial charge is 0.405 e. The van der Waals surface area contributed by atoms with Gasteiger partial charge in [0.25, 0.3) is 5.91 Å². The van der Waals surface area contributed by atoms with Crippen LogP contribution in [0.4, 0.5) is 13.2 Å². The predicted molar refractivity (Wildman–Crippen MR) is 65.4 cm³/mol. The first-order valence-corrected chi connectivity index (χ1v) is 5.69. The summed E-state index contributed by atoms with van der Waals surface area (Å²) in [4.78, 5) is 11.2. The van der Waals surface area contributed by atoms with E-state index in [0.29, 0.717) is 5.75 Å². The molecule has 5 nitrogen and oxygen atoms in total. The van der Waals surface area contributed by atoms with Crippen LogP contribution in [0.2, 0.25) is 0 Å². The number of hydrogen-bond donors (Lipinski definition) is 2. The molecule has 3 N–H and O–H groups in total. The lowest BCUT2D eigenvalue weighted by Gasteiger charge is -2.12. The molecule has 0 heterocycles. The maximum atomic E-state index is 11.9. The quantitative estimate of drug-likeness (QED) is 0.826. The first kappa shape index (κ1) is 16.1. The monoisotopic (exact) mass is 292 g/mol. The number of alkyl halides is 3.